The number of hydrogen-bond donors (Lipinski definition) is 3. The Morgan fingerprint density at radius 1 is 0.756 bits per heavy atom. The molecule has 0 atom stereocenters. The first-order chi connectivity index (χ1) is 21.4. The van der Waals surface area contributed by atoms with E-state index in [0.717, 1.165) is 6.42 Å². The average Bonchev–Trinajstić information content (AvgIpc) is 2.99. The van der Waals surface area contributed by atoms with Gasteiger partial charge in [0, 0.05) is 28.8 Å². The summed E-state index contributed by atoms with van der Waals surface area (Å²) in [5.74, 6) is -0.744. The lowest BCUT2D eigenvalue weighted by Crippen LogP contribution is -2.17. The summed E-state index contributed by atoms with van der Waals surface area (Å²) in [7, 11) is 0. The Labute approximate surface area is 262 Å². The fraction of sp³-hybridized carbons (Fsp3) is 0.364. The van der Waals surface area contributed by atoms with Crippen molar-refractivity contribution in [2.45, 2.75) is 47.5 Å². The number of nitrogens with one attached hydrogen (secondary N) is 2. The van der Waals surface area contributed by atoms with E-state index < -0.39 is 22.6 Å². The van der Waals surface area contributed by atoms with Crippen LogP contribution in [0.1, 0.15) is 78.5 Å². The van der Waals surface area contributed by atoms with Crippen LogP contribution in [0.4, 0.5) is 17.1 Å². The number of nitrogens with two attached hydrogens (primary N) is 1. The molecular formula is C33H40N4O8. The number of carbonyl (C=O) groups is 3. The number of nitrogens with zero attached hydrogens (tertiary/aromatic N) is 1. The number of amides is 3. The van der Waals surface area contributed by atoms with Crippen LogP contribution in [0, 0.1) is 22.0 Å². The predicted molar refractivity (Wildman–Crippen MR) is 171 cm³/mol. The maximum Gasteiger partial charge on any atom is 0.310 e. The number of unbranched alkanes of at least 4 members (excludes halogenated alkanes) is 1. The normalized spacial score (nSPS) is 10.8. The van der Waals surface area contributed by atoms with E-state index in [1.807, 2.05) is 34.6 Å². The van der Waals surface area contributed by atoms with Gasteiger partial charge in [0.15, 0.2) is 5.75 Å². The molecule has 0 bridgehead atoms. The monoisotopic (exact) mass is 620 g/mol. The van der Waals surface area contributed by atoms with Crippen molar-refractivity contribution in [3.05, 3.63) is 81.4 Å². The summed E-state index contributed by atoms with van der Waals surface area (Å²) < 4.78 is 17.4. The molecule has 0 fully saturated rings. The Kier molecular flexibility index (Phi) is 12.3. The second-order valence-electron chi connectivity index (χ2n) is 11.2. The van der Waals surface area contributed by atoms with Gasteiger partial charge in [0.05, 0.1) is 36.1 Å². The lowest BCUT2D eigenvalue weighted by Gasteiger charge is -2.17. The Morgan fingerprint density at radius 2 is 1.22 bits per heavy atom. The molecule has 12 nitrogen and oxygen atoms in total. The zero-order valence-electron chi connectivity index (χ0n) is 26.2. The summed E-state index contributed by atoms with van der Waals surface area (Å²) in [6, 6.07) is 13.0. The van der Waals surface area contributed by atoms with Crippen molar-refractivity contribution in [3.63, 3.8) is 0 Å². The minimum atomic E-state index is -0.624. The van der Waals surface area contributed by atoms with Crippen LogP contribution < -0.4 is 30.6 Å². The van der Waals surface area contributed by atoms with Gasteiger partial charge < -0.3 is 30.6 Å². The quantitative estimate of drug-likeness (QED) is 0.0931. The molecule has 4 N–H and O–H groups in total. The number of nitro groups is 1. The third kappa shape index (κ3) is 9.95. The highest BCUT2D eigenvalue weighted by molar-refractivity contribution is 6.08. The fourth-order valence-corrected chi connectivity index (χ4v) is 3.93. The summed E-state index contributed by atoms with van der Waals surface area (Å²) in [5, 5.41) is 17.1. The second kappa shape index (κ2) is 16.1. The molecule has 3 amide bonds. The van der Waals surface area contributed by atoms with E-state index in [9.17, 15) is 24.5 Å². The highest BCUT2D eigenvalue weighted by atomic mass is 16.6. The molecule has 0 aliphatic carbocycles. The standard InChI is InChI=1S/C33H40N4O8/c1-6-7-14-43-30-17-24(10-13-27(30)37(41)42)33(40)36-26-12-9-23(16-29(26)45-19-21(4)5)32(39)35-25-11-8-22(31(34)38)15-28(25)44-18-20(2)3/h8-13,15-17,20-21H,6-7,14,18-19H2,1-5H3,(H2,34,38)(H,35,39)(H,36,40). The van der Waals surface area contributed by atoms with E-state index in [1.165, 1.54) is 42.5 Å². The molecule has 0 spiro atoms. The number of carbonyl (C=O) groups excluding carboxylic acids is 3. The molecule has 0 saturated carbocycles. The molecule has 0 saturated heterocycles. The van der Waals surface area contributed by atoms with Gasteiger partial charge in [-0.15, -0.1) is 0 Å². The van der Waals surface area contributed by atoms with Gasteiger partial charge in [-0.25, -0.2) is 0 Å². The Hall–Kier alpha value is -5.13. The molecule has 45 heavy (non-hydrogen) atoms. The van der Waals surface area contributed by atoms with Crippen LogP contribution in [0.25, 0.3) is 0 Å². The average molecular weight is 621 g/mol. The summed E-state index contributed by atoms with van der Waals surface area (Å²) in [4.78, 5) is 49.2. The SMILES string of the molecule is CCCCOc1cc(C(=O)Nc2ccc(C(=O)Nc3ccc(C(N)=O)cc3OCC(C)C)cc2OCC(C)C)ccc1[N+](=O)[O-]. The smallest absolute Gasteiger partial charge is 0.310 e. The van der Waals surface area contributed by atoms with E-state index in [0.29, 0.717) is 36.8 Å². The summed E-state index contributed by atoms with van der Waals surface area (Å²) >= 11 is 0. The summed E-state index contributed by atoms with van der Waals surface area (Å²) in [6.45, 7) is 10.8. The van der Waals surface area contributed by atoms with Gasteiger partial charge in [-0.1, -0.05) is 41.0 Å². The number of nitro benzene ring substituents is 1. The van der Waals surface area contributed by atoms with E-state index >= 15 is 0 Å². The molecule has 240 valence electrons. The van der Waals surface area contributed by atoms with Crippen LogP contribution in [0.3, 0.4) is 0 Å². The number of rotatable bonds is 16. The van der Waals surface area contributed by atoms with Crippen LogP contribution in [-0.4, -0.2) is 42.5 Å². The van der Waals surface area contributed by atoms with Gasteiger partial charge in [-0.3, -0.25) is 24.5 Å². The van der Waals surface area contributed by atoms with Crippen molar-refractivity contribution in [1.29, 1.82) is 0 Å². The van der Waals surface area contributed by atoms with Crippen molar-refractivity contribution < 1.29 is 33.5 Å². The second-order valence-corrected chi connectivity index (χ2v) is 11.2. The lowest BCUT2D eigenvalue weighted by molar-refractivity contribution is -0.385. The molecule has 3 aromatic carbocycles. The zero-order chi connectivity index (χ0) is 33.1. The Bertz CT molecular complexity index is 1540. The van der Waals surface area contributed by atoms with Crippen molar-refractivity contribution in [2.24, 2.45) is 17.6 Å². The highest BCUT2D eigenvalue weighted by Gasteiger charge is 2.21. The molecule has 0 heterocycles. The van der Waals surface area contributed by atoms with Crippen LogP contribution >= 0.6 is 0 Å². The van der Waals surface area contributed by atoms with Crippen molar-refractivity contribution >= 4 is 34.8 Å². The molecule has 0 radical (unpaired) electrons. The van der Waals surface area contributed by atoms with Gasteiger partial charge in [0.2, 0.25) is 5.91 Å². The topological polar surface area (TPSA) is 172 Å². The molecule has 3 rings (SSSR count). The predicted octanol–water partition coefficient (Wildman–Crippen LogP) is 6.45. The van der Waals surface area contributed by atoms with Crippen molar-refractivity contribution in [2.75, 3.05) is 30.5 Å². The molecule has 3 aromatic rings. The molecule has 0 aromatic heterocycles. The number of benzene rings is 3. The maximum atomic E-state index is 13.3. The van der Waals surface area contributed by atoms with Crippen LogP contribution in [-0.2, 0) is 0 Å². The van der Waals surface area contributed by atoms with E-state index in [4.69, 9.17) is 19.9 Å². The molecule has 0 aliphatic heterocycles. The zero-order valence-corrected chi connectivity index (χ0v) is 26.2. The fourth-order valence-electron chi connectivity index (χ4n) is 3.93. The number of ether oxygens (including phenoxy) is 3. The van der Waals surface area contributed by atoms with Gasteiger partial charge in [0.25, 0.3) is 11.8 Å². The first-order valence-corrected chi connectivity index (χ1v) is 14.8. The van der Waals surface area contributed by atoms with Crippen LogP contribution in [0.5, 0.6) is 17.2 Å². The largest absolute Gasteiger partial charge is 0.491 e. The minimum Gasteiger partial charge on any atom is -0.491 e. The number of hydrogen-bond acceptors (Lipinski definition) is 8. The molecule has 12 heteroatoms. The molecular weight excluding hydrogens is 580 g/mol. The Balaban J connectivity index is 1.88. The van der Waals surface area contributed by atoms with Gasteiger partial charge in [-0.05, 0) is 60.7 Å². The lowest BCUT2D eigenvalue weighted by atomic mass is 10.1. The summed E-state index contributed by atoms with van der Waals surface area (Å²) in [6.07, 6.45) is 1.55. The van der Waals surface area contributed by atoms with Gasteiger partial charge >= 0.3 is 5.69 Å². The Morgan fingerprint density at radius 3 is 1.69 bits per heavy atom. The van der Waals surface area contributed by atoms with Crippen LogP contribution in [0.2, 0.25) is 0 Å². The molecule has 0 aliphatic rings. The first kappa shape index (κ1) is 34.4. The summed E-state index contributed by atoms with van der Waals surface area (Å²) in [5.41, 5.74) is 6.47. The first-order valence-electron chi connectivity index (χ1n) is 14.8. The minimum absolute atomic E-state index is 0.00463. The van der Waals surface area contributed by atoms with Gasteiger partial charge in [0.1, 0.15) is 11.5 Å². The van der Waals surface area contributed by atoms with Crippen molar-refractivity contribution in [3.8, 4) is 17.2 Å². The van der Waals surface area contributed by atoms with E-state index in [1.54, 1.807) is 12.1 Å². The van der Waals surface area contributed by atoms with E-state index in [-0.39, 0.29) is 52.3 Å². The maximum absolute atomic E-state index is 13.3. The number of primary amides is 1. The van der Waals surface area contributed by atoms with Gasteiger partial charge in [-0.2, -0.15) is 0 Å². The molecule has 0 unspecified atom stereocenters. The third-order valence-corrected chi connectivity index (χ3v) is 6.32. The highest BCUT2D eigenvalue weighted by Crippen LogP contribution is 2.32. The third-order valence-electron chi connectivity index (χ3n) is 6.32. The van der Waals surface area contributed by atoms with Crippen LogP contribution in [0.15, 0.2) is 54.6 Å². The van der Waals surface area contributed by atoms with Crippen molar-refractivity contribution in [1.82, 2.24) is 0 Å². The number of anilines is 2. The van der Waals surface area contributed by atoms with E-state index in [2.05, 4.69) is 10.6 Å².